The van der Waals surface area contributed by atoms with Crippen molar-refractivity contribution >= 4 is 12.1 Å². The fraction of sp³-hybridized carbons (Fsp3) is 0.875. The highest BCUT2D eigenvalue weighted by Crippen LogP contribution is 2.46. The number of carboxylic acids is 1. The number of nitrogens with one attached hydrogen (secondary N) is 1. The van der Waals surface area contributed by atoms with Crippen LogP contribution in [0.5, 0.6) is 0 Å². The number of rotatable bonds is 5. The van der Waals surface area contributed by atoms with Crippen LogP contribution in [0.3, 0.4) is 0 Å². The molecule has 0 aliphatic heterocycles. The number of hydrogen-bond donors (Lipinski definition) is 2. The molecule has 0 aromatic heterocycles. The summed E-state index contributed by atoms with van der Waals surface area (Å²) < 4.78 is 10.6. The molecule has 0 heterocycles. The third kappa shape index (κ3) is 3.91. The van der Waals surface area contributed by atoms with Gasteiger partial charge in [0.15, 0.2) is 6.10 Å². The molecule has 6 nitrogen and oxygen atoms in total. The zero-order valence-electron chi connectivity index (χ0n) is 14.5. The standard InChI is InChI=1S/C16H29NO5/c1-14(2,3)22-13(20)17-16(9-7-8-10-16)15(4,5)11(21-6)12(18)19/h11H,7-10H2,1-6H3,(H,17,20)(H,18,19). The minimum atomic E-state index is -1.02. The third-order valence-corrected chi connectivity index (χ3v) is 4.55. The van der Waals surface area contributed by atoms with Crippen LogP contribution in [-0.4, -0.2) is 41.5 Å². The number of carbonyl (C=O) groups is 2. The van der Waals surface area contributed by atoms with Crippen molar-refractivity contribution in [1.82, 2.24) is 5.32 Å². The smallest absolute Gasteiger partial charge is 0.408 e. The molecule has 0 aromatic carbocycles. The quantitative estimate of drug-likeness (QED) is 0.814. The fourth-order valence-corrected chi connectivity index (χ4v) is 3.36. The molecule has 1 rings (SSSR count). The monoisotopic (exact) mass is 315 g/mol. The van der Waals surface area contributed by atoms with Crippen molar-refractivity contribution in [2.45, 2.75) is 77.5 Å². The van der Waals surface area contributed by atoms with Gasteiger partial charge in [-0.25, -0.2) is 9.59 Å². The van der Waals surface area contributed by atoms with Gasteiger partial charge in [-0.2, -0.15) is 0 Å². The highest BCUT2D eigenvalue weighted by molar-refractivity contribution is 5.74. The van der Waals surface area contributed by atoms with Gasteiger partial charge in [0.05, 0.1) is 5.54 Å². The van der Waals surface area contributed by atoms with E-state index in [0.29, 0.717) is 12.8 Å². The molecule has 0 spiro atoms. The summed E-state index contributed by atoms with van der Waals surface area (Å²) in [5.41, 5.74) is -2.00. The van der Waals surface area contributed by atoms with Crippen molar-refractivity contribution in [2.75, 3.05) is 7.11 Å². The van der Waals surface area contributed by atoms with Gasteiger partial charge in [-0.15, -0.1) is 0 Å². The van der Waals surface area contributed by atoms with E-state index in [9.17, 15) is 14.7 Å². The van der Waals surface area contributed by atoms with Crippen LogP contribution >= 0.6 is 0 Å². The van der Waals surface area contributed by atoms with Crippen LogP contribution in [0, 0.1) is 5.41 Å². The number of aliphatic carboxylic acids is 1. The van der Waals surface area contributed by atoms with Crippen LogP contribution in [0.2, 0.25) is 0 Å². The van der Waals surface area contributed by atoms with Crippen LogP contribution in [-0.2, 0) is 14.3 Å². The number of methoxy groups -OCH3 is 1. The van der Waals surface area contributed by atoms with Gasteiger partial charge >= 0.3 is 12.1 Å². The van der Waals surface area contributed by atoms with E-state index >= 15 is 0 Å². The molecule has 1 saturated carbocycles. The molecule has 128 valence electrons. The van der Waals surface area contributed by atoms with Crippen molar-refractivity contribution in [3.05, 3.63) is 0 Å². The molecule has 1 aliphatic rings. The third-order valence-electron chi connectivity index (χ3n) is 4.55. The van der Waals surface area contributed by atoms with Crippen LogP contribution in [0.1, 0.15) is 60.3 Å². The molecular weight excluding hydrogens is 286 g/mol. The Hall–Kier alpha value is -1.30. The maximum Gasteiger partial charge on any atom is 0.408 e. The molecular formula is C16H29NO5. The summed E-state index contributed by atoms with van der Waals surface area (Å²) in [5.74, 6) is -1.02. The number of carbonyl (C=O) groups excluding carboxylic acids is 1. The lowest BCUT2D eigenvalue weighted by Gasteiger charge is -2.47. The number of ether oxygens (including phenoxy) is 2. The normalized spacial score (nSPS) is 19.5. The van der Waals surface area contributed by atoms with E-state index in [4.69, 9.17) is 9.47 Å². The van der Waals surface area contributed by atoms with Crippen LogP contribution in [0.4, 0.5) is 4.79 Å². The van der Waals surface area contributed by atoms with Crippen molar-refractivity contribution in [3.63, 3.8) is 0 Å². The zero-order chi connectivity index (χ0) is 17.2. The van der Waals surface area contributed by atoms with E-state index in [1.165, 1.54) is 7.11 Å². The fourth-order valence-electron chi connectivity index (χ4n) is 3.36. The van der Waals surface area contributed by atoms with Gasteiger partial charge in [-0.05, 0) is 33.6 Å². The molecule has 1 atom stereocenters. The van der Waals surface area contributed by atoms with E-state index in [1.54, 1.807) is 20.8 Å². The largest absolute Gasteiger partial charge is 0.479 e. The highest BCUT2D eigenvalue weighted by Gasteiger charge is 2.54. The summed E-state index contributed by atoms with van der Waals surface area (Å²) in [6.07, 6.45) is 1.80. The van der Waals surface area contributed by atoms with E-state index in [2.05, 4.69) is 5.32 Å². The Morgan fingerprint density at radius 3 is 2.00 bits per heavy atom. The van der Waals surface area contributed by atoms with E-state index in [-0.39, 0.29) is 0 Å². The van der Waals surface area contributed by atoms with Gasteiger partial charge in [0.2, 0.25) is 0 Å². The summed E-state index contributed by atoms with van der Waals surface area (Å²) in [6, 6.07) is 0. The molecule has 0 aromatic rings. The number of alkyl carbamates (subject to hydrolysis) is 1. The average molecular weight is 315 g/mol. The molecule has 6 heteroatoms. The highest BCUT2D eigenvalue weighted by atomic mass is 16.6. The van der Waals surface area contributed by atoms with E-state index in [1.807, 2.05) is 13.8 Å². The average Bonchev–Trinajstić information content (AvgIpc) is 2.76. The van der Waals surface area contributed by atoms with Crippen LogP contribution < -0.4 is 5.32 Å². The Labute approximate surface area is 132 Å². The number of carboxylic acid groups (broad SMARTS) is 1. The van der Waals surface area contributed by atoms with Crippen molar-refractivity contribution in [2.24, 2.45) is 5.41 Å². The summed E-state index contributed by atoms with van der Waals surface area (Å²) in [7, 11) is 1.39. The molecule has 1 aliphatic carbocycles. The lowest BCUT2D eigenvalue weighted by molar-refractivity contribution is -0.161. The van der Waals surface area contributed by atoms with Gasteiger partial charge in [0.1, 0.15) is 5.60 Å². The first-order chi connectivity index (χ1) is 9.95. The SMILES string of the molecule is COC(C(=O)O)C(C)(C)C1(NC(=O)OC(C)(C)C)CCCC1. The van der Waals surface area contributed by atoms with Crippen molar-refractivity contribution in [3.8, 4) is 0 Å². The molecule has 2 N–H and O–H groups in total. The Balaban J connectivity index is 3.05. The number of hydrogen-bond acceptors (Lipinski definition) is 4. The molecule has 1 amide bonds. The van der Waals surface area contributed by atoms with Crippen LogP contribution in [0.25, 0.3) is 0 Å². The Morgan fingerprint density at radius 1 is 1.14 bits per heavy atom. The lowest BCUT2D eigenvalue weighted by atomic mass is 9.67. The van der Waals surface area contributed by atoms with Gasteiger partial charge in [-0.1, -0.05) is 26.7 Å². The van der Waals surface area contributed by atoms with Gasteiger partial charge in [0.25, 0.3) is 0 Å². The predicted molar refractivity (Wildman–Crippen MR) is 82.8 cm³/mol. The topological polar surface area (TPSA) is 84.9 Å². The second-order valence-electron chi connectivity index (χ2n) is 7.59. The first kappa shape index (κ1) is 18.7. The summed E-state index contributed by atoms with van der Waals surface area (Å²) in [4.78, 5) is 23.7. The van der Waals surface area contributed by atoms with Gasteiger partial charge < -0.3 is 19.9 Å². The summed E-state index contributed by atoms with van der Waals surface area (Å²) in [5, 5.41) is 12.4. The molecule has 22 heavy (non-hydrogen) atoms. The summed E-state index contributed by atoms with van der Waals surface area (Å²) >= 11 is 0. The van der Waals surface area contributed by atoms with Gasteiger partial charge in [-0.3, -0.25) is 0 Å². The first-order valence-electron chi connectivity index (χ1n) is 7.72. The molecule has 1 fully saturated rings. The maximum absolute atomic E-state index is 12.2. The molecule has 0 radical (unpaired) electrons. The molecule has 0 saturated heterocycles. The summed E-state index contributed by atoms with van der Waals surface area (Å²) in [6.45, 7) is 9.06. The maximum atomic E-state index is 12.2. The number of amides is 1. The van der Waals surface area contributed by atoms with E-state index in [0.717, 1.165) is 12.8 Å². The minimum Gasteiger partial charge on any atom is -0.479 e. The Morgan fingerprint density at radius 2 is 1.64 bits per heavy atom. The lowest BCUT2D eigenvalue weighted by Crippen LogP contribution is -2.62. The van der Waals surface area contributed by atoms with Gasteiger partial charge in [0, 0.05) is 12.5 Å². The Bertz CT molecular complexity index is 419. The second-order valence-corrected chi connectivity index (χ2v) is 7.59. The molecule has 1 unspecified atom stereocenters. The molecule has 0 bridgehead atoms. The van der Waals surface area contributed by atoms with Crippen molar-refractivity contribution < 1.29 is 24.2 Å². The van der Waals surface area contributed by atoms with Crippen molar-refractivity contribution in [1.29, 1.82) is 0 Å². The van der Waals surface area contributed by atoms with E-state index < -0.39 is 34.7 Å². The minimum absolute atomic E-state index is 0.511. The Kier molecular flexibility index (Phi) is 5.49. The zero-order valence-corrected chi connectivity index (χ0v) is 14.5. The predicted octanol–water partition coefficient (Wildman–Crippen LogP) is 2.95. The first-order valence-corrected chi connectivity index (χ1v) is 7.72. The van der Waals surface area contributed by atoms with Crippen LogP contribution in [0.15, 0.2) is 0 Å². The second kappa shape index (κ2) is 6.44.